The van der Waals surface area contributed by atoms with Crippen LogP contribution in [0.15, 0.2) is 53.1 Å². The molecule has 0 unspecified atom stereocenters. The summed E-state index contributed by atoms with van der Waals surface area (Å²) in [5.41, 5.74) is 2.67. The van der Waals surface area contributed by atoms with E-state index in [9.17, 15) is 4.79 Å². The number of hydrogen-bond donors (Lipinski definition) is 1. The van der Waals surface area contributed by atoms with Crippen LogP contribution < -0.4 is 10.1 Å². The van der Waals surface area contributed by atoms with Gasteiger partial charge in [0.15, 0.2) is 0 Å². The maximum absolute atomic E-state index is 12.3. The molecule has 1 saturated heterocycles. The van der Waals surface area contributed by atoms with Gasteiger partial charge in [-0.05, 0) is 36.8 Å². The highest BCUT2D eigenvalue weighted by atomic mass is 16.5. The zero-order chi connectivity index (χ0) is 18.8. The van der Waals surface area contributed by atoms with Crippen molar-refractivity contribution in [2.75, 3.05) is 18.4 Å². The Balaban J connectivity index is 1.36. The molecule has 27 heavy (non-hydrogen) atoms. The molecule has 7 heteroatoms. The van der Waals surface area contributed by atoms with Gasteiger partial charge in [0.2, 0.25) is 11.7 Å². The van der Waals surface area contributed by atoms with Crippen LogP contribution in [0.5, 0.6) is 5.75 Å². The van der Waals surface area contributed by atoms with Crippen LogP contribution in [0.3, 0.4) is 0 Å². The van der Waals surface area contributed by atoms with Gasteiger partial charge in [0, 0.05) is 12.6 Å². The number of benzene rings is 2. The van der Waals surface area contributed by atoms with Crippen LogP contribution >= 0.6 is 0 Å². The maximum Gasteiger partial charge on any atom is 0.322 e. The molecule has 2 amide bonds. The van der Waals surface area contributed by atoms with Gasteiger partial charge in [0.1, 0.15) is 11.9 Å². The predicted octanol–water partition coefficient (Wildman–Crippen LogP) is 3.65. The van der Waals surface area contributed by atoms with E-state index in [2.05, 4.69) is 15.5 Å². The van der Waals surface area contributed by atoms with Crippen molar-refractivity contribution in [3.63, 3.8) is 0 Å². The Kier molecular flexibility index (Phi) is 4.50. The molecule has 0 radical (unpaired) electrons. The third kappa shape index (κ3) is 3.76. The monoisotopic (exact) mass is 364 g/mol. The minimum Gasteiger partial charge on any atom is -0.486 e. The van der Waals surface area contributed by atoms with Crippen molar-refractivity contribution in [3.05, 3.63) is 60.0 Å². The topological polar surface area (TPSA) is 80.5 Å². The summed E-state index contributed by atoms with van der Waals surface area (Å²) >= 11 is 0. The zero-order valence-electron chi connectivity index (χ0n) is 15.2. The number of carbonyl (C=O) groups is 1. The van der Waals surface area contributed by atoms with Crippen LogP contribution in [0.4, 0.5) is 10.5 Å². The van der Waals surface area contributed by atoms with E-state index in [0.29, 0.717) is 30.6 Å². The molecule has 0 saturated carbocycles. The van der Waals surface area contributed by atoms with Crippen LogP contribution in [0, 0.1) is 13.8 Å². The lowest BCUT2D eigenvalue weighted by atomic mass is 10.1. The quantitative estimate of drug-likeness (QED) is 0.764. The molecule has 0 atom stereocenters. The molecule has 7 nitrogen and oxygen atoms in total. The van der Waals surface area contributed by atoms with Crippen molar-refractivity contribution < 1.29 is 14.1 Å². The first-order valence-corrected chi connectivity index (χ1v) is 8.77. The number of aromatic nitrogens is 2. The summed E-state index contributed by atoms with van der Waals surface area (Å²) in [5, 5.41) is 6.86. The molecule has 1 fully saturated rings. The van der Waals surface area contributed by atoms with Gasteiger partial charge in [-0.25, -0.2) is 4.79 Å². The first-order valence-electron chi connectivity index (χ1n) is 8.77. The summed E-state index contributed by atoms with van der Waals surface area (Å²) in [4.78, 5) is 18.3. The minimum absolute atomic E-state index is 0.0672. The fraction of sp³-hybridized carbons (Fsp3) is 0.250. The standard InChI is InChI=1S/C20H20N4O3/c1-13-6-5-7-15(10-13)22-20(25)24-11-16(12-24)26-18-9-4-3-8-17(18)19-21-14(2)27-23-19/h3-10,16H,11-12H2,1-2H3,(H,22,25). The van der Waals surface area contributed by atoms with Crippen molar-refractivity contribution in [2.45, 2.75) is 20.0 Å². The highest BCUT2D eigenvalue weighted by Crippen LogP contribution is 2.30. The fourth-order valence-corrected chi connectivity index (χ4v) is 2.95. The van der Waals surface area contributed by atoms with E-state index in [1.54, 1.807) is 11.8 Å². The second-order valence-electron chi connectivity index (χ2n) is 6.58. The van der Waals surface area contributed by atoms with E-state index >= 15 is 0 Å². The number of likely N-dealkylation sites (tertiary alicyclic amines) is 1. The van der Waals surface area contributed by atoms with E-state index < -0.39 is 0 Å². The zero-order valence-corrected chi connectivity index (χ0v) is 15.2. The number of rotatable bonds is 4. The van der Waals surface area contributed by atoms with Crippen molar-refractivity contribution in [3.8, 4) is 17.1 Å². The second kappa shape index (κ2) is 7.11. The van der Waals surface area contributed by atoms with Crippen molar-refractivity contribution >= 4 is 11.7 Å². The lowest BCUT2D eigenvalue weighted by Gasteiger charge is -2.39. The highest BCUT2D eigenvalue weighted by molar-refractivity contribution is 5.90. The molecule has 2 aromatic carbocycles. The molecule has 4 rings (SSSR count). The van der Waals surface area contributed by atoms with Crippen LogP contribution in [-0.2, 0) is 0 Å². The number of carbonyl (C=O) groups excluding carboxylic acids is 1. The maximum atomic E-state index is 12.3. The number of ether oxygens (including phenoxy) is 1. The Labute approximate surface area is 156 Å². The third-order valence-electron chi connectivity index (χ3n) is 4.35. The first kappa shape index (κ1) is 17.1. The van der Waals surface area contributed by atoms with Gasteiger partial charge >= 0.3 is 6.03 Å². The number of aryl methyl sites for hydroxylation is 2. The first-order chi connectivity index (χ1) is 13.1. The molecule has 1 N–H and O–H groups in total. The average molecular weight is 364 g/mol. The van der Waals surface area contributed by atoms with E-state index in [0.717, 1.165) is 16.8 Å². The van der Waals surface area contributed by atoms with Crippen LogP contribution in [0.2, 0.25) is 0 Å². The molecule has 138 valence electrons. The van der Waals surface area contributed by atoms with Crippen molar-refractivity contribution in [2.24, 2.45) is 0 Å². The third-order valence-corrected chi connectivity index (χ3v) is 4.35. The lowest BCUT2D eigenvalue weighted by molar-refractivity contribution is 0.0496. The van der Waals surface area contributed by atoms with E-state index in [-0.39, 0.29) is 12.1 Å². The van der Waals surface area contributed by atoms with Crippen molar-refractivity contribution in [1.29, 1.82) is 0 Å². The second-order valence-corrected chi connectivity index (χ2v) is 6.58. The summed E-state index contributed by atoms with van der Waals surface area (Å²) < 4.78 is 11.1. The van der Waals surface area contributed by atoms with Gasteiger partial charge in [-0.1, -0.05) is 29.4 Å². The van der Waals surface area contributed by atoms with Gasteiger partial charge in [-0.2, -0.15) is 4.98 Å². The van der Waals surface area contributed by atoms with Crippen molar-refractivity contribution in [1.82, 2.24) is 15.0 Å². The highest BCUT2D eigenvalue weighted by Gasteiger charge is 2.33. The molecular formula is C20H20N4O3. The smallest absolute Gasteiger partial charge is 0.322 e. The Bertz CT molecular complexity index is 963. The number of anilines is 1. The number of amides is 2. The van der Waals surface area contributed by atoms with E-state index in [1.807, 2.05) is 55.5 Å². The summed E-state index contributed by atoms with van der Waals surface area (Å²) in [6.07, 6.45) is -0.0672. The van der Waals surface area contributed by atoms with Crippen LogP contribution in [0.1, 0.15) is 11.5 Å². The fourth-order valence-electron chi connectivity index (χ4n) is 2.95. The normalized spacial score (nSPS) is 13.9. The number of hydrogen-bond acceptors (Lipinski definition) is 5. The average Bonchev–Trinajstić information content (AvgIpc) is 3.04. The molecule has 3 aromatic rings. The Hall–Kier alpha value is -3.35. The van der Waals surface area contributed by atoms with Crippen LogP contribution in [-0.4, -0.2) is 40.3 Å². The number of nitrogens with zero attached hydrogens (tertiary/aromatic N) is 3. The molecule has 1 aliphatic heterocycles. The van der Waals surface area contributed by atoms with Gasteiger partial charge in [-0.15, -0.1) is 0 Å². The summed E-state index contributed by atoms with van der Waals surface area (Å²) in [5.74, 6) is 1.68. The molecule has 1 aromatic heterocycles. The SMILES string of the molecule is Cc1cccc(NC(=O)N2CC(Oc3ccccc3-c3noc(C)n3)C2)c1. The Morgan fingerprint density at radius 3 is 2.74 bits per heavy atom. The molecule has 0 spiro atoms. The summed E-state index contributed by atoms with van der Waals surface area (Å²) in [7, 11) is 0. The largest absolute Gasteiger partial charge is 0.486 e. The van der Waals surface area contributed by atoms with Gasteiger partial charge < -0.3 is 19.5 Å². The molecule has 1 aliphatic rings. The molecule has 0 bridgehead atoms. The molecule has 0 aliphatic carbocycles. The number of urea groups is 1. The van der Waals surface area contributed by atoms with Gasteiger partial charge in [-0.3, -0.25) is 0 Å². The number of nitrogens with one attached hydrogen (secondary N) is 1. The summed E-state index contributed by atoms with van der Waals surface area (Å²) in [6.45, 7) is 4.79. The van der Waals surface area contributed by atoms with E-state index in [1.165, 1.54) is 0 Å². The molecular weight excluding hydrogens is 344 g/mol. The number of para-hydroxylation sites is 1. The van der Waals surface area contributed by atoms with Gasteiger partial charge in [0.05, 0.1) is 18.7 Å². The lowest BCUT2D eigenvalue weighted by Crippen LogP contribution is -2.57. The summed E-state index contributed by atoms with van der Waals surface area (Å²) in [6, 6.07) is 15.2. The van der Waals surface area contributed by atoms with Crippen LogP contribution in [0.25, 0.3) is 11.4 Å². The van der Waals surface area contributed by atoms with E-state index in [4.69, 9.17) is 9.26 Å². The Morgan fingerprint density at radius 1 is 1.19 bits per heavy atom. The van der Waals surface area contributed by atoms with Gasteiger partial charge in [0.25, 0.3) is 0 Å². The predicted molar refractivity (Wildman–Crippen MR) is 101 cm³/mol. The minimum atomic E-state index is -0.123. The molecule has 2 heterocycles. The Morgan fingerprint density at radius 2 is 2.00 bits per heavy atom.